The molecule has 0 atom stereocenters. The first-order valence-electron chi connectivity index (χ1n) is 7.52. The number of carbonyl (C=O) groups is 1. The minimum Gasteiger partial charge on any atom is -0.322 e. The van der Waals surface area contributed by atoms with Gasteiger partial charge in [-0.1, -0.05) is 23.7 Å². The molecule has 0 radical (unpaired) electrons. The highest BCUT2D eigenvalue weighted by molar-refractivity contribution is 6.30. The lowest BCUT2D eigenvalue weighted by molar-refractivity contribution is -0.141. The molecule has 0 aliphatic rings. The molecule has 0 saturated heterocycles. The van der Waals surface area contributed by atoms with E-state index in [-0.39, 0.29) is 5.91 Å². The van der Waals surface area contributed by atoms with Gasteiger partial charge in [0.15, 0.2) is 5.69 Å². The van der Waals surface area contributed by atoms with E-state index in [9.17, 15) is 18.0 Å². The molecule has 4 nitrogen and oxygen atoms in total. The molecule has 1 amide bonds. The topological polar surface area (TPSA) is 46.9 Å². The van der Waals surface area contributed by atoms with Crippen LogP contribution in [0.2, 0.25) is 5.02 Å². The summed E-state index contributed by atoms with van der Waals surface area (Å²) in [6.07, 6.45) is -4.52. The fraction of sp³-hybridized carbons (Fsp3) is 0.111. The van der Waals surface area contributed by atoms with Gasteiger partial charge in [-0.25, -0.2) is 0 Å². The highest BCUT2D eigenvalue weighted by Crippen LogP contribution is 2.32. The maximum Gasteiger partial charge on any atom is 0.435 e. The van der Waals surface area contributed by atoms with E-state index in [1.807, 2.05) is 0 Å². The predicted octanol–water partition coefficient (Wildman–Crippen LogP) is 5.01. The zero-order chi connectivity index (χ0) is 18.9. The number of aryl methyl sites for hydroxylation is 1. The van der Waals surface area contributed by atoms with Gasteiger partial charge in [-0.15, -0.1) is 0 Å². The lowest BCUT2D eigenvalue weighted by Crippen LogP contribution is -2.11. The summed E-state index contributed by atoms with van der Waals surface area (Å²) in [4.78, 5) is 12.3. The van der Waals surface area contributed by atoms with Gasteiger partial charge in [0.1, 0.15) is 0 Å². The first-order chi connectivity index (χ1) is 12.2. The molecule has 0 aliphatic heterocycles. The molecule has 0 bridgehead atoms. The molecular formula is C18H13ClF3N3O. The van der Waals surface area contributed by atoms with Crippen molar-refractivity contribution < 1.29 is 18.0 Å². The number of hydrogen-bond donors (Lipinski definition) is 1. The Morgan fingerprint density at radius 2 is 1.81 bits per heavy atom. The molecule has 26 heavy (non-hydrogen) atoms. The molecule has 0 aliphatic carbocycles. The molecule has 1 N–H and O–H groups in total. The Morgan fingerprint density at radius 3 is 2.42 bits per heavy atom. The lowest BCUT2D eigenvalue weighted by Gasteiger charge is -2.08. The molecule has 3 rings (SSSR count). The maximum absolute atomic E-state index is 12.8. The van der Waals surface area contributed by atoms with Crippen molar-refractivity contribution in [3.8, 4) is 11.3 Å². The van der Waals surface area contributed by atoms with Crippen molar-refractivity contribution in [1.29, 1.82) is 0 Å². The summed E-state index contributed by atoms with van der Waals surface area (Å²) in [6.45, 7) is 0. The SMILES string of the molecule is Cn1nc(C(F)(F)F)cc1-c1cccc(NC(=O)c2ccc(Cl)cc2)c1. The largest absolute Gasteiger partial charge is 0.435 e. The van der Waals surface area contributed by atoms with Gasteiger partial charge in [-0.05, 0) is 42.5 Å². The van der Waals surface area contributed by atoms with Gasteiger partial charge in [0.05, 0.1) is 5.69 Å². The summed E-state index contributed by atoms with van der Waals surface area (Å²) in [5.41, 5.74) is 0.701. The number of nitrogens with one attached hydrogen (secondary N) is 1. The highest BCUT2D eigenvalue weighted by atomic mass is 35.5. The molecule has 8 heteroatoms. The quantitative estimate of drug-likeness (QED) is 0.695. The summed E-state index contributed by atoms with van der Waals surface area (Å²) in [5.74, 6) is -0.347. The lowest BCUT2D eigenvalue weighted by atomic mass is 10.1. The Balaban J connectivity index is 1.86. The van der Waals surface area contributed by atoms with Crippen LogP contribution in [0, 0.1) is 0 Å². The fourth-order valence-corrected chi connectivity index (χ4v) is 2.56. The number of nitrogens with zero attached hydrogens (tertiary/aromatic N) is 2. The van der Waals surface area contributed by atoms with E-state index in [2.05, 4.69) is 10.4 Å². The number of amides is 1. The standard InChI is InChI=1S/C18H13ClF3N3O/c1-25-15(10-16(24-25)18(20,21)22)12-3-2-4-14(9-12)23-17(26)11-5-7-13(19)8-6-11/h2-10H,1H3,(H,23,26). The van der Waals surface area contributed by atoms with Crippen molar-refractivity contribution in [2.24, 2.45) is 7.05 Å². The highest BCUT2D eigenvalue weighted by Gasteiger charge is 2.34. The Labute approximate surface area is 152 Å². The number of halogens is 4. The molecular weight excluding hydrogens is 367 g/mol. The van der Waals surface area contributed by atoms with Crippen molar-refractivity contribution in [2.45, 2.75) is 6.18 Å². The number of anilines is 1. The van der Waals surface area contributed by atoms with Gasteiger partial charge in [-0.2, -0.15) is 18.3 Å². The van der Waals surface area contributed by atoms with Crippen LogP contribution in [0.25, 0.3) is 11.3 Å². The molecule has 1 aromatic heterocycles. The molecule has 0 saturated carbocycles. The van der Waals surface area contributed by atoms with Gasteiger partial charge in [0, 0.05) is 28.9 Å². The predicted molar refractivity (Wildman–Crippen MR) is 93.1 cm³/mol. The summed E-state index contributed by atoms with van der Waals surface area (Å²) in [7, 11) is 1.43. The van der Waals surface area contributed by atoms with E-state index in [1.54, 1.807) is 48.5 Å². The van der Waals surface area contributed by atoms with Crippen molar-refractivity contribution >= 4 is 23.2 Å². The van der Waals surface area contributed by atoms with Crippen LogP contribution < -0.4 is 5.32 Å². The molecule has 1 heterocycles. The zero-order valence-corrected chi connectivity index (χ0v) is 14.3. The Kier molecular flexibility index (Phi) is 4.73. The van der Waals surface area contributed by atoms with Crippen molar-refractivity contribution in [3.05, 3.63) is 70.9 Å². The van der Waals surface area contributed by atoms with Crippen LogP contribution in [0.5, 0.6) is 0 Å². The van der Waals surface area contributed by atoms with Crippen LogP contribution in [-0.2, 0) is 13.2 Å². The molecule has 0 unspecified atom stereocenters. The van der Waals surface area contributed by atoms with Crippen LogP contribution in [0.4, 0.5) is 18.9 Å². The third-order valence-corrected chi connectivity index (χ3v) is 3.94. The van der Waals surface area contributed by atoms with Crippen LogP contribution in [0.1, 0.15) is 16.1 Å². The van der Waals surface area contributed by atoms with Gasteiger partial charge in [0.2, 0.25) is 0 Å². The van der Waals surface area contributed by atoms with Crippen LogP contribution in [0.15, 0.2) is 54.6 Å². The molecule has 2 aromatic carbocycles. The van der Waals surface area contributed by atoms with Crippen molar-refractivity contribution in [2.75, 3.05) is 5.32 Å². The number of rotatable bonds is 3. The molecule has 134 valence electrons. The van der Waals surface area contributed by atoms with Crippen molar-refractivity contribution in [1.82, 2.24) is 9.78 Å². The van der Waals surface area contributed by atoms with Gasteiger partial charge >= 0.3 is 6.18 Å². The average molecular weight is 380 g/mol. The average Bonchev–Trinajstić information content (AvgIpc) is 2.98. The van der Waals surface area contributed by atoms with Crippen LogP contribution in [0.3, 0.4) is 0 Å². The van der Waals surface area contributed by atoms with E-state index in [1.165, 1.54) is 7.05 Å². The molecule has 0 fully saturated rings. The van der Waals surface area contributed by atoms with Gasteiger partial charge in [-0.3, -0.25) is 9.48 Å². The second-order valence-electron chi connectivity index (χ2n) is 5.58. The van der Waals surface area contributed by atoms with Gasteiger partial charge in [0.25, 0.3) is 5.91 Å². The zero-order valence-electron chi connectivity index (χ0n) is 13.5. The number of aromatic nitrogens is 2. The number of carbonyl (C=O) groups excluding carboxylic acids is 1. The summed E-state index contributed by atoms with van der Waals surface area (Å²) >= 11 is 5.79. The van der Waals surface area contributed by atoms with Crippen LogP contribution >= 0.6 is 11.6 Å². The van der Waals surface area contributed by atoms with E-state index in [0.29, 0.717) is 27.5 Å². The Bertz CT molecular complexity index is 949. The number of benzene rings is 2. The molecule has 3 aromatic rings. The third kappa shape index (κ3) is 3.88. The van der Waals surface area contributed by atoms with E-state index < -0.39 is 11.9 Å². The van der Waals surface area contributed by atoms with Crippen LogP contribution in [-0.4, -0.2) is 15.7 Å². The summed E-state index contributed by atoms with van der Waals surface area (Å²) in [6, 6.07) is 13.9. The van der Waals surface area contributed by atoms with E-state index in [0.717, 1.165) is 10.7 Å². The van der Waals surface area contributed by atoms with Gasteiger partial charge < -0.3 is 5.32 Å². The summed E-state index contributed by atoms with van der Waals surface area (Å²) in [5, 5.41) is 6.72. The normalized spacial score (nSPS) is 11.4. The van der Waals surface area contributed by atoms with E-state index in [4.69, 9.17) is 11.6 Å². The monoisotopic (exact) mass is 379 g/mol. The fourth-order valence-electron chi connectivity index (χ4n) is 2.44. The first-order valence-corrected chi connectivity index (χ1v) is 7.90. The second-order valence-corrected chi connectivity index (χ2v) is 6.01. The Morgan fingerprint density at radius 1 is 1.12 bits per heavy atom. The third-order valence-electron chi connectivity index (χ3n) is 3.69. The van der Waals surface area contributed by atoms with E-state index >= 15 is 0 Å². The summed E-state index contributed by atoms with van der Waals surface area (Å²) < 4.78 is 39.6. The molecule has 0 spiro atoms. The maximum atomic E-state index is 12.8. The Hall–Kier alpha value is -2.80. The minimum atomic E-state index is -4.52. The number of alkyl halides is 3. The van der Waals surface area contributed by atoms with Crippen molar-refractivity contribution in [3.63, 3.8) is 0 Å². The minimum absolute atomic E-state index is 0.292. The first kappa shape index (κ1) is 18.0. The smallest absolute Gasteiger partial charge is 0.322 e. The second kappa shape index (κ2) is 6.84. The number of hydrogen-bond acceptors (Lipinski definition) is 2.